The average molecular weight is 495 g/mol. The van der Waals surface area contributed by atoms with Gasteiger partial charge in [0.05, 0.1) is 30.7 Å². The Balaban J connectivity index is 1.16. The monoisotopic (exact) mass is 494 g/mol. The number of amides is 2. The highest BCUT2D eigenvalue weighted by molar-refractivity contribution is 5.92. The van der Waals surface area contributed by atoms with Gasteiger partial charge in [0.25, 0.3) is 5.91 Å². The zero-order valence-electron chi connectivity index (χ0n) is 21.2. The minimum Gasteiger partial charge on any atom is -0.497 e. The molecular weight excluding hydrogens is 460 g/mol. The number of imidazole rings is 2. The fourth-order valence-electron chi connectivity index (χ4n) is 5.66. The molecule has 1 aromatic carbocycles. The van der Waals surface area contributed by atoms with E-state index >= 15 is 0 Å². The maximum absolute atomic E-state index is 13.2. The fourth-order valence-corrected chi connectivity index (χ4v) is 5.66. The first-order chi connectivity index (χ1) is 17.4. The molecule has 0 N–H and O–H groups in total. The Morgan fingerprint density at radius 3 is 2.33 bits per heavy atom. The summed E-state index contributed by atoms with van der Waals surface area (Å²) in [5.41, 5.74) is 2.33. The second kappa shape index (κ2) is 9.83. The smallest absolute Gasteiger partial charge is 0.328 e. The molecule has 2 fully saturated rings. The number of aryl methyl sites for hydroxylation is 2. The number of ether oxygens (including phenoxy) is 1. The van der Waals surface area contributed by atoms with Crippen molar-refractivity contribution in [3.63, 3.8) is 0 Å². The molecule has 2 aliphatic rings. The maximum Gasteiger partial charge on any atom is 0.328 e. The number of hydrogen-bond donors (Lipinski definition) is 0. The fraction of sp³-hybridized carbons (Fsp3) is 0.538. The summed E-state index contributed by atoms with van der Waals surface area (Å²) in [4.78, 5) is 46.6. The molecule has 1 saturated carbocycles. The van der Waals surface area contributed by atoms with E-state index in [-0.39, 0.29) is 23.4 Å². The molecule has 10 heteroatoms. The van der Waals surface area contributed by atoms with E-state index in [2.05, 4.69) is 4.98 Å². The lowest BCUT2D eigenvalue weighted by atomic mass is 9.81. The van der Waals surface area contributed by atoms with Crippen LogP contribution in [0.3, 0.4) is 0 Å². The highest BCUT2D eigenvalue weighted by Gasteiger charge is 2.33. The van der Waals surface area contributed by atoms with Crippen LogP contribution in [0.15, 0.2) is 35.5 Å². The van der Waals surface area contributed by atoms with Crippen LogP contribution < -0.4 is 10.4 Å². The largest absolute Gasteiger partial charge is 0.497 e. The highest BCUT2D eigenvalue weighted by atomic mass is 16.5. The second-order valence-corrected chi connectivity index (χ2v) is 10.0. The Morgan fingerprint density at radius 2 is 1.69 bits per heavy atom. The van der Waals surface area contributed by atoms with Crippen molar-refractivity contribution in [3.05, 3.63) is 46.9 Å². The number of fused-ring (bicyclic) bond motifs is 1. The Kier molecular flexibility index (Phi) is 6.59. The van der Waals surface area contributed by atoms with Crippen molar-refractivity contribution in [1.82, 2.24) is 28.5 Å². The van der Waals surface area contributed by atoms with E-state index in [1.807, 2.05) is 34.7 Å². The minimum absolute atomic E-state index is 0.0184. The van der Waals surface area contributed by atoms with Crippen LogP contribution in [0.4, 0.5) is 0 Å². The Labute approximate surface area is 210 Å². The lowest BCUT2D eigenvalue weighted by Gasteiger charge is -2.38. The summed E-state index contributed by atoms with van der Waals surface area (Å²) >= 11 is 0. The molecule has 1 aliphatic heterocycles. The van der Waals surface area contributed by atoms with Gasteiger partial charge in [0.2, 0.25) is 5.91 Å². The molecule has 3 aromatic rings. The number of nitrogens with zero attached hydrogens (tertiary/aromatic N) is 6. The molecule has 0 bridgehead atoms. The molecule has 0 radical (unpaired) electrons. The van der Waals surface area contributed by atoms with Crippen LogP contribution in [0, 0.1) is 11.8 Å². The maximum atomic E-state index is 13.2. The number of carbonyl (C=O) groups is 2. The van der Waals surface area contributed by atoms with Gasteiger partial charge in [0.15, 0.2) is 0 Å². The van der Waals surface area contributed by atoms with Gasteiger partial charge in [-0.1, -0.05) is 0 Å². The Morgan fingerprint density at radius 1 is 1.00 bits per heavy atom. The number of rotatable bonds is 5. The summed E-state index contributed by atoms with van der Waals surface area (Å²) in [6.45, 7) is 2.86. The Bertz CT molecular complexity index is 1320. The molecule has 0 atom stereocenters. The molecule has 2 amide bonds. The van der Waals surface area contributed by atoms with Gasteiger partial charge in [0, 0.05) is 58.8 Å². The van der Waals surface area contributed by atoms with Crippen LogP contribution >= 0.6 is 0 Å². The first-order valence-corrected chi connectivity index (χ1v) is 12.6. The van der Waals surface area contributed by atoms with E-state index in [4.69, 9.17) is 4.74 Å². The first-order valence-electron chi connectivity index (χ1n) is 12.6. The van der Waals surface area contributed by atoms with E-state index < -0.39 is 0 Å². The molecule has 192 valence electrons. The van der Waals surface area contributed by atoms with Gasteiger partial charge in [-0.15, -0.1) is 0 Å². The van der Waals surface area contributed by atoms with Crippen molar-refractivity contribution < 1.29 is 14.3 Å². The predicted molar refractivity (Wildman–Crippen MR) is 135 cm³/mol. The van der Waals surface area contributed by atoms with Crippen LogP contribution in [0.25, 0.3) is 11.0 Å². The summed E-state index contributed by atoms with van der Waals surface area (Å²) in [5.74, 6) is 1.28. The molecule has 5 rings (SSSR count). The van der Waals surface area contributed by atoms with E-state index in [1.165, 1.54) is 0 Å². The molecule has 3 heterocycles. The SMILES string of the molecule is COc1ccc2c(c1)n(C[C@H]1CC[C@H](C(=O)N3CCN(C(=O)c4cncn4C)CC3)CC1)c(=O)n2C. The van der Waals surface area contributed by atoms with Gasteiger partial charge in [-0.3, -0.25) is 18.7 Å². The van der Waals surface area contributed by atoms with Gasteiger partial charge < -0.3 is 19.1 Å². The normalized spacial score (nSPS) is 20.6. The summed E-state index contributed by atoms with van der Waals surface area (Å²) < 4.78 is 10.6. The zero-order chi connectivity index (χ0) is 25.4. The van der Waals surface area contributed by atoms with Crippen LogP contribution in [0.2, 0.25) is 0 Å². The zero-order valence-corrected chi connectivity index (χ0v) is 21.2. The topological polar surface area (TPSA) is 94.6 Å². The van der Waals surface area contributed by atoms with Crippen molar-refractivity contribution in [2.45, 2.75) is 32.2 Å². The number of piperazine rings is 1. The number of carbonyl (C=O) groups excluding carboxylic acids is 2. The molecule has 0 spiro atoms. The van der Waals surface area contributed by atoms with E-state index in [1.54, 1.807) is 40.7 Å². The van der Waals surface area contributed by atoms with Crippen LogP contribution in [0.1, 0.15) is 36.2 Å². The number of aromatic nitrogens is 4. The van der Waals surface area contributed by atoms with Crippen molar-refractivity contribution in [1.29, 1.82) is 0 Å². The van der Waals surface area contributed by atoms with Gasteiger partial charge in [-0.05, 0) is 43.7 Å². The van der Waals surface area contributed by atoms with Crippen molar-refractivity contribution in [3.8, 4) is 5.75 Å². The van der Waals surface area contributed by atoms with E-state index in [0.29, 0.717) is 44.3 Å². The molecule has 1 saturated heterocycles. The van der Waals surface area contributed by atoms with Crippen LogP contribution in [0.5, 0.6) is 5.75 Å². The summed E-state index contributed by atoms with van der Waals surface area (Å²) in [6, 6.07) is 5.72. The molecule has 36 heavy (non-hydrogen) atoms. The third kappa shape index (κ3) is 4.40. The lowest BCUT2D eigenvalue weighted by molar-refractivity contribution is -0.138. The van der Waals surface area contributed by atoms with Crippen molar-refractivity contribution in [2.75, 3.05) is 33.3 Å². The lowest BCUT2D eigenvalue weighted by Crippen LogP contribution is -2.52. The summed E-state index contributed by atoms with van der Waals surface area (Å²) in [6.07, 6.45) is 6.71. The molecule has 0 unspecified atom stereocenters. The number of methoxy groups -OCH3 is 1. The minimum atomic E-state index is -0.0381. The quantitative estimate of drug-likeness (QED) is 0.540. The average Bonchev–Trinajstić information content (AvgIpc) is 3.44. The van der Waals surface area contributed by atoms with Gasteiger partial charge in [0.1, 0.15) is 11.4 Å². The standard InChI is InChI=1S/C26H34N6O4/c1-28-17-27-15-23(28)25(34)31-12-10-30(11-13-31)24(33)19-6-4-18(5-7-19)16-32-22-14-20(36-3)8-9-21(22)29(2)26(32)35/h8-9,14-15,17-19H,4-7,10-13,16H2,1-3H3/t18-,19-. The number of hydrogen-bond acceptors (Lipinski definition) is 5. The van der Waals surface area contributed by atoms with Crippen molar-refractivity contribution >= 4 is 22.8 Å². The first kappa shape index (κ1) is 24.1. The van der Waals surface area contributed by atoms with Crippen molar-refractivity contribution in [2.24, 2.45) is 25.9 Å². The number of benzene rings is 1. The highest BCUT2D eigenvalue weighted by Crippen LogP contribution is 2.32. The van der Waals surface area contributed by atoms with E-state index in [0.717, 1.165) is 42.5 Å². The summed E-state index contributed by atoms with van der Waals surface area (Å²) in [7, 11) is 5.24. The molecular formula is C26H34N6O4. The third-order valence-electron chi connectivity index (χ3n) is 7.90. The van der Waals surface area contributed by atoms with Crippen LogP contribution in [-0.2, 0) is 25.4 Å². The van der Waals surface area contributed by atoms with Gasteiger partial charge >= 0.3 is 5.69 Å². The Hall–Kier alpha value is -3.56. The molecule has 2 aromatic heterocycles. The van der Waals surface area contributed by atoms with E-state index in [9.17, 15) is 14.4 Å². The van der Waals surface area contributed by atoms with Gasteiger partial charge in [-0.25, -0.2) is 9.78 Å². The second-order valence-electron chi connectivity index (χ2n) is 10.0. The third-order valence-corrected chi connectivity index (χ3v) is 7.90. The molecule has 1 aliphatic carbocycles. The predicted octanol–water partition coefficient (Wildman–Crippen LogP) is 1.87. The van der Waals surface area contributed by atoms with Crippen LogP contribution in [-0.4, -0.2) is 73.6 Å². The molecule has 10 nitrogen and oxygen atoms in total. The van der Waals surface area contributed by atoms with Gasteiger partial charge in [-0.2, -0.15) is 0 Å². The summed E-state index contributed by atoms with van der Waals surface area (Å²) in [5, 5.41) is 0.